The second kappa shape index (κ2) is 6.43. The summed E-state index contributed by atoms with van der Waals surface area (Å²) in [4.78, 5) is 26.6. The number of carboxylic acids is 1. The van der Waals surface area contributed by atoms with E-state index in [2.05, 4.69) is 12.2 Å². The standard InChI is InChI=1S/C14H25N3O3/c1-14(5-3-2-4-6-14)15-13(20)17-9-7-16(8-10-17)11-12(18)19/h2-11H2,1H3,(H,15,20)(H,18,19). The van der Waals surface area contributed by atoms with E-state index in [1.807, 2.05) is 4.90 Å². The van der Waals surface area contributed by atoms with Crippen LogP contribution in [0, 0.1) is 0 Å². The maximum atomic E-state index is 12.3. The molecule has 6 heteroatoms. The van der Waals surface area contributed by atoms with Crippen LogP contribution in [0.5, 0.6) is 0 Å². The van der Waals surface area contributed by atoms with Crippen molar-refractivity contribution >= 4 is 12.0 Å². The van der Waals surface area contributed by atoms with Crippen LogP contribution in [-0.4, -0.2) is 65.2 Å². The number of rotatable bonds is 3. The van der Waals surface area contributed by atoms with Crippen LogP contribution in [0.1, 0.15) is 39.0 Å². The lowest BCUT2D eigenvalue weighted by Crippen LogP contribution is -2.57. The highest BCUT2D eigenvalue weighted by atomic mass is 16.4. The molecule has 0 spiro atoms. The first-order chi connectivity index (χ1) is 9.48. The number of hydrogen-bond acceptors (Lipinski definition) is 3. The molecule has 1 aliphatic heterocycles. The smallest absolute Gasteiger partial charge is 0.317 e. The summed E-state index contributed by atoms with van der Waals surface area (Å²) in [6.07, 6.45) is 5.74. The fourth-order valence-electron chi connectivity index (χ4n) is 3.09. The van der Waals surface area contributed by atoms with Crippen molar-refractivity contribution in [3.05, 3.63) is 0 Å². The van der Waals surface area contributed by atoms with E-state index in [0.29, 0.717) is 26.2 Å². The average molecular weight is 283 g/mol. The SMILES string of the molecule is CC1(NC(=O)N2CCN(CC(=O)O)CC2)CCCCC1. The van der Waals surface area contributed by atoms with E-state index in [4.69, 9.17) is 5.11 Å². The third kappa shape index (κ3) is 4.10. The number of urea groups is 1. The molecule has 6 nitrogen and oxygen atoms in total. The van der Waals surface area contributed by atoms with Gasteiger partial charge in [-0.15, -0.1) is 0 Å². The number of amides is 2. The summed E-state index contributed by atoms with van der Waals surface area (Å²) in [7, 11) is 0. The summed E-state index contributed by atoms with van der Waals surface area (Å²) >= 11 is 0. The van der Waals surface area contributed by atoms with Crippen LogP contribution in [0.15, 0.2) is 0 Å². The second-order valence-electron chi connectivity index (χ2n) is 6.21. The van der Waals surface area contributed by atoms with E-state index < -0.39 is 5.97 Å². The molecule has 2 aliphatic rings. The van der Waals surface area contributed by atoms with Crippen LogP contribution < -0.4 is 5.32 Å². The van der Waals surface area contributed by atoms with Crippen LogP contribution in [0.3, 0.4) is 0 Å². The molecule has 1 heterocycles. The van der Waals surface area contributed by atoms with Gasteiger partial charge in [0.2, 0.25) is 0 Å². The Labute approximate surface area is 120 Å². The van der Waals surface area contributed by atoms with E-state index in [1.54, 1.807) is 4.90 Å². The molecule has 2 rings (SSSR count). The van der Waals surface area contributed by atoms with Gasteiger partial charge in [0.25, 0.3) is 0 Å². The third-order valence-corrected chi connectivity index (χ3v) is 4.38. The highest BCUT2D eigenvalue weighted by molar-refractivity contribution is 5.75. The van der Waals surface area contributed by atoms with Crippen molar-refractivity contribution in [2.24, 2.45) is 0 Å². The zero-order valence-corrected chi connectivity index (χ0v) is 12.2. The molecule has 20 heavy (non-hydrogen) atoms. The fourth-order valence-corrected chi connectivity index (χ4v) is 3.09. The van der Waals surface area contributed by atoms with Crippen molar-refractivity contribution in [3.63, 3.8) is 0 Å². The summed E-state index contributed by atoms with van der Waals surface area (Å²) in [6.45, 7) is 4.68. The van der Waals surface area contributed by atoms with Gasteiger partial charge < -0.3 is 15.3 Å². The minimum atomic E-state index is -0.808. The molecule has 0 aromatic rings. The molecule has 0 radical (unpaired) electrons. The van der Waals surface area contributed by atoms with Gasteiger partial charge in [-0.3, -0.25) is 9.69 Å². The number of carbonyl (C=O) groups excluding carboxylic acids is 1. The lowest BCUT2D eigenvalue weighted by molar-refractivity contribution is -0.138. The Bertz CT molecular complexity index is 359. The zero-order valence-electron chi connectivity index (χ0n) is 12.2. The Morgan fingerprint density at radius 3 is 2.25 bits per heavy atom. The van der Waals surface area contributed by atoms with Crippen molar-refractivity contribution in [1.29, 1.82) is 0 Å². The number of carboxylic acid groups (broad SMARTS) is 1. The predicted octanol–water partition coefficient (Wildman–Crippen LogP) is 1.12. The molecule has 2 fully saturated rings. The first-order valence-corrected chi connectivity index (χ1v) is 7.50. The third-order valence-electron chi connectivity index (χ3n) is 4.38. The van der Waals surface area contributed by atoms with Crippen molar-refractivity contribution in [1.82, 2.24) is 15.1 Å². The monoisotopic (exact) mass is 283 g/mol. The first-order valence-electron chi connectivity index (χ1n) is 7.50. The molecule has 1 saturated carbocycles. The molecule has 1 saturated heterocycles. The molecule has 114 valence electrons. The highest BCUT2D eigenvalue weighted by Gasteiger charge is 2.31. The lowest BCUT2D eigenvalue weighted by Gasteiger charge is -2.39. The zero-order chi connectivity index (χ0) is 14.6. The van der Waals surface area contributed by atoms with Gasteiger partial charge in [-0.1, -0.05) is 19.3 Å². The van der Waals surface area contributed by atoms with Gasteiger partial charge in [-0.25, -0.2) is 4.79 Å². The highest BCUT2D eigenvalue weighted by Crippen LogP contribution is 2.27. The Morgan fingerprint density at radius 1 is 1.10 bits per heavy atom. The number of aliphatic carboxylic acids is 1. The molecule has 0 atom stereocenters. The Hall–Kier alpha value is -1.30. The maximum Gasteiger partial charge on any atom is 0.317 e. The van der Waals surface area contributed by atoms with E-state index in [0.717, 1.165) is 12.8 Å². The van der Waals surface area contributed by atoms with Crippen molar-refractivity contribution in [3.8, 4) is 0 Å². The molecule has 0 aromatic carbocycles. The van der Waals surface area contributed by atoms with Crippen LogP contribution >= 0.6 is 0 Å². The summed E-state index contributed by atoms with van der Waals surface area (Å²) in [6, 6.07) is 0.00405. The fraction of sp³-hybridized carbons (Fsp3) is 0.857. The molecular formula is C14H25N3O3. The van der Waals surface area contributed by atoms with Crippen molar-refractivity contribution in [2.75, 3.05) is 32.7 Å². The van der Waals surface area contributed by atoms with Gasteiger partial charge in [0.15, 0.2) is 0 Å². The average Bonchev–Trinajstić information content (AvgIpc) is 2.39. The van der Waals surface area contributed by atoms with Gasteiger partial charge >= 0.3 is 12.0 Å². The van der Waals surface area contributed by atoms with E-state index >= 15 is 0 Å². The van der Waals surface area contributed by atoms with Crippen molar-refractivity contribution in [2.45, 2.75) is 44.6 Å². The topological polar surface area (TPSA) is 72.9 Å². The summed E-state index contributed by atoms with van der Waals surface area (Å²) in [5.74, 6) is -0.808. The second-order valence-corrected chi connectivity index (χ2v) is 6.21. The normalized spacial score (nSPS) is 23.4. The van der Waals surface area contributed by atoms with Gasteiger partial charge in [0, 0.05) is 31.7 Å². The van der Waals surface area contributed by atoms with E-state index in [1.165, 1.54) is 19.3 Å². The van der Waals surface area contributed by atoms with Crippen LogP contribution in [-0.2, 0) is 4.79 Å². The van der Waals surface area contributed by atoms with Crippen LogP contribution in [0.25, 0.3) is 0 Å². The minimum Gasteiger partial charge on any atom is -0.480 e. The number of piperazine rings is 1. The van der Waals surface area contributed by atoms with E-state index in [9.17, 15) is 9.59 Å². The Kier molecular flexibility index (Phi) is 4.86. The number of carbonyl (C=O) groups is 2. The quantitative estimate of drug-likeness (QED) is 0.814. The molecule has 0 aromatic heterocycles. The van der Waals surface area contributed by atoms with Crippen LogP contribution in [0.2, 0.25) is 0 Å². The van der Waals surface area contributed by atoms with E-state index in [-0.39, 0.29) is 18.1 Å². The first kappa shape index (κ1) is 15.1. The Morgan fingerprint density at radius 2 is 1.70 bits per heavy atom. The predicted molar refractivity (Wildman–Crippen MR) is 75.7 cm³/mol. The number of nitrogens with zero attached hydrogens (tertiary/aromatic N) is 2. The minimum absolute atomic E-state index is 0.00405. The van der Waals surface area contributed by atoms with Gasteiger partial charge in [0.1, 0.15) is 0 Å². The number of hydrogen-bond donors (Lipinski definition) is 2. The summed E-state index contributed by atoms with van der Waals surface area (Å²) in [5, 5.41) is 11.9. The number of nitrogens with one attached hydrogen (secondary N) is 1. The summed E-state index contributed by atoms with van der Waals surface area (Å²) in [5.41, 5.74) is -0.0620. The van der Waals surface area contributed by atoms with Gasteiger partial charge in [-0.05, 0) is 19.8 Å². The largest absolute Gasteiger partial charge is 0.480 e. The van der Waals surface area contributed by atoms with Crippen LogP contribution in [0.4, 0.5) is 4.79 Å². The van der Waals surface area contributed by atoms with Gasteiger partial charge in [-0.2, -0.15) is 0 Å². The lowest BCUT2D eigenvalue weighted by atomic mass is 9.83. The van der Waals surface area contributed by atoms with Crippen molar-refractivity contribution < 1.29 is 14.7 Å². The molecule has 0 unspecified atom stereocenters. The molecule has 2 amide bonds. The summed E-state index contributed by atoms with van der Waals surface area (Å²) < 4.78 is 0. The molecule has 0 bridgehead atoms. The Balaban J connectivity index is 1.78. The molecule has 1 aliphatic carbocycles. The van der Waals surface area contributed by atoms with Gasteiger partial charge in [0.05, 0.1) is 6.54 Å². The molecule has 2 N–H and O–H groups in total. The maximum absolute atomic E-state index is 12.3. The molecular weight excluding hydrogens is 258 g/mol.